The highest BCUT2D eigenvalue weighted by Crippen LogP contribution is 2.25. The van der Waals surface area contributed by atoms with Gasteiger partial charge in [0.05, 0.1) is 0 Å². The second-order valence-corrected chi connectivity index (χ2v) is 5.66. The highest BCUT2D eigenvalue weighted by atomic mass is 35.5. The Balaban J connectivity index is 2.85. The van der Waals surface area contributed by atoms with E-state index in [0.29, 0.717) is 11.6 Å². The van der Waals surface area contributed by atoms with Crippen molar-refractivity contribution in [1.82, 2.24) is 5.32 Å². The maximum absolute atomic E-state index is 11.2. The minimum absolute atomic E-state index is 0.0420. The molecule has 0 fully saturated rings. The van der Waals surface area contributed by atoms with Crippen molar-refractivity contribution in [2.24, 2.45) is 0 Å². The molecule has 1 atom stereocenters. The third-order valence-corrected chi connectivity index (χ3v) is 2.72. The molecule has 0 saturated carbocycles. The van der Waals surface area contributed by atoms with Crippen molar-refractivity contribution in [3.8, 4) is 0 Å². The summed E-state index contributed by atoms with van der Waals surface area (Å²) in [7, 11) is 0. The van der Waals surface area contributed by atoms with Crippen molar-refractivity contribution in [3.63, 3.8) is 0 Å². The van der Waals surface area contributed by atoms with Crippen molar-refractivity contribution >= 4 is 17.6 Å². The molecule has 0 radical (unpaired) electrons. The Bertz CT molecular complexity index is 413. The average Bonchev–Trinajstić information content (AvgIpc) is 2.23. The number of halogens is 1. The number of nitrogens with one attached hydrogen (secondary N) is 1. The standard InChI is InChI=1S/C14H20ClNO2/c1-10(17)18-13(9-16-14(2,3)4)11-7-5-6-8-12(11)15/h5-8,13,16H,9H2,1-4H3. The van der Waals surface area contributed by atoms with Crippen LogP contribution in [0, 0.1) is 0 Å². The smallest absolute Gasteiger partial charge is 0.303 e. The van der Waals surface area contributed by atoms with Gasteiger partial charge in [0.1, 0.15) is 6.10 Å². The van der Waals surface area contributed by atoms with E-state index < -0.39 is 0 Å². The Hall–Kier alpha value is -1.06. The van der Waals surface area contributed by atoms with Gasteiger partial charge in [-0.1, -0.05) is 29.8 Å². The molecule has 0 aliphatic carbocycles. The third-order valence-electron chi connectivity index (χ3n) is 2.38. The largest absolute Gasteiger partial charge is 0.456 e. The molecule has 1 rings (SSSR count). The zero-order valence-electron chi connectivity index (χ0n) is 11.3. The van der Waals surface area contributed by atoms with Crippen LogP contribution >= 0.6 is 11.6 Å². The van der Waals surface area contributed by atoms with E-state index in [1.165, 1.54) is 6.92 Å². The van der Waals surface area contributed by atoms with Gasteiger partial charge in [-0.15, -0.1) is 0 Å². The van der Waals surface area contributed by atoms with Crippen LogP contribution in [0.5, 0.6) is 0 Å². The summed E-state index contributed by atoms with van der Waals surface area (Å²) < 4.78 is 5.33. The molecule has 0 aliphatic heterocycles. The first-order valence-electron chi connectivity index (χ1n) is 5.96. The van der Waals surface area contributed by atoms with Gasteiger partial charge in [0, 0.05) is 29.6 Å². The second-order valence-electron chi connectivity index (χ2n) is 5.25. The van der Waals surface area contributed by atoms with Gasteiger partial charge in [-0.05, 0) is 26.8 Å². The highest BCUT2D eigenvalue weighted by Gasteiger charge is 2.20. The SMILES string of the molecule is CC(=O)OC(CNC(C)(C)C)c1ccccc1Cl. The number of carbonyl (C=O) groups is 1. The van der Waals surface area contributed by atoms with Crippen LogP contribution in [0.25, 0.3) is 0 Å². The molecule has 0 heterocycles. The number of esters is 1. The van der Waals surface area contributed by atoms with Crippen molar-refractivity contribution in [2.45, 2.75) is 39.3 Å². The maximum atomic E-state index is 11.2. The topological polar surface area (TPSA) is 38.3 Å². The van der Waals surface area contributed by atoms with Crippen molar-refractivity contribution in [1.29, 1.82) is 0 Å². The Morgan fingerprint density at radius 3 is 2.50 bits per heavy atom. The van der Waals surface area contributed by atoms with Crippen LogP contribution in [0.3, 0.4) is 0 Å². The molecule has 0 bridgehead atoms. The first-order chi connectivity index (χ1) is 8.29. The van der Waals surface area contributed by atoms with Crippen LogP contribution in [-0.2, 0) is 9.53 Å². The third kappa shape index (κ3) is 5.07. The molecule has 0 aliphatic rings. The number of benzene rings is 1. The van der Waals surface area contributed by atoms with Gasteiger partial charge in [-0.3, -0.25) is 4.79 Å². The maximum Gasteiger partial charge on any atom is 0.303 e. The minimum Gasteiger partial charge on any atom is -0.456 e. The lowest BCUT2D eigenvalue weighted by Gasteiger charge is -2.25. The molecule has 0 aromatic heterocycles. The predicted octanol–water partition coefficient (Wildman–Crippen LogP) is 3.33. The molecule has 100 valence electrons. The van der Waals surface area contributed by atoms with E-state index in [1.54, 1.807) is 6.07 Å². The van der Waals surface area contributed by atoms with Crippen LogP contribution in [0.4, 0.5) is 0 Å². The summed E-state index contributed by atoms with van der Waals surface area (Å²) in [4.78, 5) is 11.2. The van der Waals surface area contributed by atoms with Crippen LogP contribution in [0.1, 0.15) is 39.4 Å². The van der Waals surface area contributed by atoms with Crippen molar-refractivity contribution < 1.29 is 9.53 Å². The molecule has 1 aromatic carbocycles. The normalized spacial score (nSPS) is 13.2. The van der Waals surface area contributed by atoms with E-state index in [0.717, 1.165) is 5.56 Å². The summed E-state index contributed by atoms with van der Waals surface area (Å²) >= 11 is 6.13. The van der Waals surface area contributed by atoms with Gasteiger partial charge in [0.2, 0.25) is 0 Å². The fraction of sp³-hybridized carbons (Fsp3) is 0.500. The molecule has 0 spiro atoms. The molecular weight excluding hydrogens is 250 g/mol. The number of hydrogen-bond acceptors (Lipinski definition) is 3. The Morgan fingerprint density at radius 1 is 1.39 bits per heavy atom. The van der Waals surface area contributed by atoms with E-state index in [-0.39, 0.29) is 17.6 Å². The Kier molecular flexibility index (Phi) is 5.17. The summed E-state index contributed by atoms with van der Waals surface area (Å²) in [5, 5.41) is 3.93. The molecule has 0 saturated heterocycles. The lowest BCUT2D eigenvalue weighted by molar-refractivity contribution is -0.146. The number of carbonyl (C=O) groups excluding carboxylic acids is 1. The minimum atomic E-state index is -0.365. The molecule has 3 nitrogen and oxygen atoms in total. The molecule has 1 aromatic rings. The van der Waals surface area contributed by atoms with Crippen molar-refractivity contribution in [2.75, 3.05) is 6.54 Å². The number of rotatable bonds is 4. The van der Waals surface area contributed by atoms with E-state index >= 15 is 0 Å². The van der Waals surface area contributed by atoms with Crippen LogP contribution in [0.15, 0.2) is 24.3 Å². The van der Waals surface area contributed by atoms with Gasteiger partial charge in [0.25, 0.3) is 0 Å². The van der Waals surface area contributed by atoms with Crippen LogP contribution < -0.4 is 5.32 Å². The summed E-state index contributed by atoms with van der Waals surface area (Å²) in [5.74, 6) is -0.310. The lowest BCUT2D eigenvalue weighted by atomic mass is 10.1. The number of hydrogen-bond donors (Lipinski definition) is 1. The van der Waals surface area contributed by atoms with E-state index in [1.807, 2.05) is 18.2 Å². The molecular formula is C14H20ClNO2. The molecule has 0 amide bonds. The van der Waals surface area contributed by atoms with E-state index in [4.69, 9.17) is 16.3 Å². The predicted molar refractivity (Wildman–Crippen MR) is 73.7 cm³/mol. The Morgan fingerprint density at radius 2 is 2.00 bits per heavy atom. The van der Waals surface area contributed by atoms with Gasteiger partial charge in [-0.2, -0.15) is 0 Å². The fourth-order valence-corrected chi connectivity index (χ4v) is 1.81. The summed E-state index contributed by atoms with van der Waals surface area (Å²) in [6, 6.07) is 7.41. The number of ether oxygens (including phenoxy) is 1. The molecule has 1 unspecified atom stereocenters. The quantitative estimate of drug-likeness (QED) is 0.852. The van der Waals surface area contributed by atoms with Gasteiger partial charge < -0.3 is 10.1 Å². The highest BCUT2D eigenvalue weighted by molar-refractivity contribution is 6.31. The Labute approximate surface area is 113 Å². The van der Waals surface area contributed by atoms with E-state index in [2.05, 4.69) is 26.1 Å². The lowest BCUT2D eigenvalue weighted by Crippen LogP contribution is -2.39. The monoisotopic (exact) mass is 269 g/mol. The molecule has 4 heteroatoms. The summed E-state index contributed by atoms with van der Waals surface area (Å²) in [6.45, 7) is 8.12. The van der Waals surface area contributed by atoms with Crippen molar-refractivity contribution in [3.05, 3.63) is 34.9 Å². The average molecular weight is 270 g/mol. The zero-order chi connectivity index (χ0) is 13.8. The van der Waals surface area contributed by atoms with Gasteiger partial charge in [0.15, 0.2) is 0 Å². The van der Waals surface area contributed by atoms with Crippen LogP contribution in [0.2, 0.25) is 5.02 Å². The first kappa shape index (κ1) is 15.0. The first-order valence-corrected chi connectivity index (χ1v) is 6.34. The zero-order valence-corrected chi connectivity index (χ0v) is 12.0. The van der Waals surface area contributed by atoms with E-state index in [9.17, 15) is 4.79 Å². The summed E-state index contributed by atoms with van der Waals surface area (Å²) in [6.07, 6.45) is -0.365. The molecule has 1 N–H and O–H groups in total. The molecule has 18 heavy (non-hydrogen) atoms. The second kappa shape index (κ2) is 6.21. The summed E-state index contributed by atoms with van der Waals surface area (Å²) in [5.41, 5.74) is 0.783. The fourth-order valence-electron chi connectivity index (χ4n) is 1.55. The van der Waals surface area contributed by atoms with Crippen LogP contribution in [-0.4, -0.2) is 18.1 Å². The van der Waals surface area contributed by atoms with Gasteiger partial charge >= 0.3 is 5.97 Å². The van der Waals surface area contributed by atoms with Gasteiger partial charge in [-0.25, -0.2) is 0 Å².